The minimum absolute atomic E-state index is 0.127. The molecule has 0 atom stereocenters. The number of anilines is 3. The van der Waals surface area contributed by atoms with Crippen molar-refractivity contribution in [1.82, 2.24) is 4.57 Å². The number of nitrogens with zero attached hydrogens (tertiary/aromatic N) is 2. The summed E-state index contributed by atoms with van der Waals surface area (Å²) in [6.45, 7) is 9.48. The zero-order valence-electron chi connectivity index (χ0n) is 38.8. The van der Waals surface area contributed by atoms with Gasteiger partial charge < -0.3 is 9.47 Å². The van der Waals surface area contributed by atoms with Gasteiger partial charge in [0.2, 0.25) is 0 Å². The number of para-hydroxylation sites is 3. The van der Waals surface area contributed by atoms with Crippen molar-refractivity contribution in [2.24, 2.45) is 0 Å². The predicted octanol–water partition coefficient (Wildman–Crippen LogP) is 17.9. The summed E-state index contributed by atoms with van der Waals surface area (Å²) in [6.07, 6.45) is 0. The highest BCUT2D eigenvalue weighted by Gasteiger charge is 2.38. The van der Waals surface area contributed by atoms with E-state index in [1.807, 2.05) is 0 Å². The summed E-state index contributed by atoms with van der Waals surface area (Å²) in [5.74, 6) is 0. The van der Waals surface area contributed by atoms with Crippen molar-refractivity contribution in [2.75, 3.05) is 4.90 Å². The first-order chi connectivity index (χ1) is 33.3. The first-order valence-corrected chi connectivity index (χ1v) is 23.9. The van der Waals surface area contributed by atoms with Gasteiger partial charge in [-0.3, -0.25) is 0 Å². The Morgan fingerprint density at radius 2 is 0.779 bits per heavy atom. The summed E-state index contributed by atoms with van der Waals surface area (Å²) < 4.78 is 2.44. The van der Waals surface area contributed by atoms with Crippen LogP contribution in [0, 0.1) is 0 Å². The zero-order chi connectivity index (χ0) is 45.7. The number of hydrogen-bond donors (Lipinski definition) is 0. The normalized spacial score (nSPS) is 13.8. The molecule has 0 unspecified atom stereocenters. The topological polar surface area (TPSA) is 8.17 Å². The largest absolute Gasteiger partial charge is 0.310 e. The van der Waals surface area contributed by atoms with Crippen molar-refractivity contribution in [1.29, 1.82) is 0 Å². The number of benzene rings is 10. The van der Waals surface area contributed by atoms with Gasteiger partial charge in [0.25, 0.3) is 0 Å². The summed E-state index contributed by atoms with van der Waals surface area (Å²) in [7, 11) is 0. The number of aromatic nitrogens is 1. The smallest absolute Gasteiger partial charge is 0.0619 e. The number of rotatable bonds is 7. The molecule has 10 aromatic carbocycles. The molecule has 0 saturated heterocycles. The van der Waals surface area contributed by atoms with E-state index in [0.29, 0.717) is 0 Å². The van der Waals surface area contributed by atoms with Crippen LogP contribution >= 0.6 is 0 Å². The Morgan fingerprint density at radius 3 is 1.43 bits per heavy atom. The highest BCUT2D eigenvalue weighted by Crippen LogP contribution is 2.53. The zero-order valence-corrected chi connectivity index (χ0v) is 38.8. The molecule has 0 spiro atoms. The highest BCUT2D eigenvalue weighted by atomic mass is 15.1. The third-order valence-electron chi connectivity index (χ3n) is 15.2. The van der Waals surface area contributed by atoms with Crippen LogP contribution in [0.1, 0.15) is 49.9 Å². The van der Waals surface area contributed by atoms with Crippen LogP contribution in [0.25, 0.3) is 83.1 Å². The fraction of sp³-hybridized carbons (Fsp3) is 0.0909. The summed E-state index contributed by atoms with van der Waals surface area (Å²) in [4.78, 5) is 2.47. The fourth-order valence-corrected chi connectivity index (χ4v) is 11.8. The van der Waals surface area contributed by atoms with Gasteiger partial charge in [-0.25, -0.2) is 0 Å². The van der Waals surface area contributed by atoms with E-state index in [9.17, 15) is 0 Å². The molecule has 13 rings (SSSR count). The molecule has 1 aromatic heterocycles. The number of hydrogen-bond acceptors (Lipinski definition) is 1. The van der Waals surface area contributed by atoms with Crippen molar-refractivity contribution < 1.29 is 0 Å². The average Bonchev–Trinajstić information content (AvgIpc) is 3.94. The molecule has 2 aliphatic carbocycles. The Kier molecular flexibility index (Phi) is 8.95. The van der Waals surface area contributed by atoms with Crippen LogP contribution in [0.4, 0.5) is 17.1 Å². The second-order valence-corrected chi connectivity index (χ2v) is 19.7. The molecule has 0 radical (unpaired) electrons. The maximum absolute atomic E-state index is 2.47. The summed E-state index contributed by atoms with van der Waals surface area (Å²) in [6, 6.07) is 85.6. The minimum atomic E-state index is -0.127. The van der Waals surface area contributed by atoms with E-state index >= 15 is 0 Å². The Labute approximate surface area is 399 Å². The molecule has 0 bridgehead atoms. The lowest BCUT2D eigenvalue weighted by Crippen LogP contribution is -2.18. The van der Waals surface area contributed by atoms with Crippen molar-refractivity contribution in [3.05, 3.63) is 253 Å². The second-order valence-electron chi connectivity index (χ2n) is 19.7. The molecule has 0 saturated carbocycles. The molecule has 0 fully saturated rings. The van der Waals surface area contributed by atoms with Crippen molar-refractivity contribution in [2.45, 2.75) is 38.5 Å². The summed E-state index contributed by atoms with van der Waals surface area (Å²) >= 11 is 0. The van der Waals surface area contributed by atoms with Crippen molar-refractivity contribution >= 4 is 38.9 Å². The van der Waals surface area contributed by atoms with E-state index in [1.165, 1.54) is 99.7 Å². The maximum Gasteiger partial charge on any atom is 0.0619 e. The molecular formula is C66H50N2. The first kappa shape index (κ1) is 40.1. The Bertz CT molecular complexity index is 3670. The van der Waals surface area contributed by atoms with Gasteiger partial charge >= 0.3 is 0 Å². The van der Waals surface area contributed by atoms with Gasteiger partial charge in [-0.2, -0.15) is 0 Å². The molecular weight excluding hydrogens is 821 g/mol. The van der Waals surface area contributed by atoms with Gasteiger partial charge in [-0.1, -0.05) is 198 Å². The Morgan fingerprint density at radius 1 is 0.309 bits per heavy atom. The number of fused-ring (bicyclic) bond motifs is 9. The van der Waals surface area contributed by atoms with Gasteiger partial charge in [0.1, 0.15) is 0 Å². The Hall–Kier alpha value is -8.20. The summed E-state index contributed by atoms with van der Waals surface area (Å²) in [5, 5.41) is 2.50. The van der Waals surface area contributed by atoms with Gasteiger partial charge in [-0.15, -0.1) is 0 Å². The van der Waals surface area contributed by atoms with Crippen LogP contribution in [0.5, 0.6) is 0 Å². The van der Waals surface area contributed by atoms with E-state index in [-0.39, 0.29) is 10.8 Å². The molecule has 2 aliphatic rings. The predicted molar refractivity (Wildman–Crippen MR) is 287 cm³/mol. The van der Waals surface area contributed by atoms with Crippen LogP contribution in [0.2, 0.25) is 0 Å². The minimum Gasteiger partial charge on any atom is -0.310 e. The van der Waals surface area contributed by atoms with Crippen molar-refractivity contribution in [3.8, 4) is 61.3 Å². The standard InChI is InChI=1S/C66H50N2/c1-65(2)59-27-14-11-22-52(59)54-38-35-48(41-61(54)65)67(49-36-39-55-53-23-12-15-28-60(53)66(3,4)62(55)42-49)47-33-30-44(31-34-47)58-40-45(32-37-50(58)43-18-7-5-8-19-43)51-25-17-26-57-56-24-13-16-29-63(56)68(64(51)57)46-20-9-6-10-21-46/h5-42H,1-4H3. The van der Waals surface area contributed by atoms with E-state index in [0.717, 1.165) is 22.7 Å². The van der Waals surface area contributed by atoms with Gasteiger partial charge in [-0.05, 0) is 133 Å². The fourth-order valence-electron chi connectivity index (χ4n) is 11.8. The monoisotopic (exact) mass is 870 g/mol. The summed E-state index contributed by atoms with van der Waals surface area (Å²) in [5.41, 5.74) is 24.7. The van der Waals surface area contributed by atoms with Crippen LogP contribution in [-0.2, 0) is 10.8 Å². The molecule has 0 amide bonds. The van der Waals surface area contributed by atoms with Crippen LogP contribution in [0.3, 0.4) is 0 Å². The second kappa shape index (κ2) is 15.2. The lowest BCUT2D eigenvalue weighted by molar-refractivity contribution is 0.660. The lowest BCUT2D eigenvalue weighted by atomic mass is 9.82. The van der Waals surface area contributed by atoms with Gasteiger partial charge in [0, 0.05) is 49.9 Å². The molecule has 68 heavy (non-hydrogen) atoms. The lowest BCUT2D eigenvalue weighted by Gasteiger charge is -2.30. The molecule has 324 valence electrons. The molecule has 1 heterocycles. The highest BCUT2D eigenvalue weighted by molar-refractivity contribution is 6.14. The van der Waals surface area contributed by atoms with Crippen molar-refractivity contribution in [3.63, 3.8) is 0 Å². The molecule has 2 nitrogen and oxygen atoms in total. The van der Waals surface area contributed by atoms with E-state index < -0.39 is 0 Å². The Balaban J connectivity index is 0.979. The molecule has 0 aliphatic heterocycles. The van der Waals surface area contributed by atoms with E-state index in [4.69, 9.17) is 0 Å². The molecule has 2 heteroatoms. The average molecular weight is 871 g/mol. The van der Waals surface area contributed by atoms with E-state index in [1.54, 1.807) is 0 Å². The molecule has 11 aromatic rings. The van der Waals surface area contributed by atoms with Gasteiger partial charge in [0.15, 0.2) is 0 Å². The third-order valence-corrected chi connectivity index (χ3v) is 15.2. The van der Waals surface area contributed by atoms with Crippen LogP contribution in [0.15, 0.2) is 231 Å². The van der Waals surface area contributed by atoms with E-state index in [2.05, 4.69) is 268 Å². The first-order valence-electron chi connectivity index (χ1n) is 23.9. The SMILES string of the molecule is CC1(C)c2ccccc2-c2ccc(N(c3ccc(-c4cc(-c5cccc6c7ccccc7n(-c7ccccc7)c56)ccc4-c4ccccc4)cc3)c3ccc4c(c3)C(C)(C)c3ccccc3-4)cc21. The molecule has 0 N–H and O–H groups in total. The maximum atomic E-state index is 2.47. The quantitative estimate of drug-likeness (QED) is 0.155. The van der Waals surface area contributed by atoms with Crippen LogP contribution in [-0.4, -0.2) is 4.57 Å². The van der Waals surface area contributed by atoms with Crippen LogP contribution < -0.4 is 4.90 Å². The third kappa shape index (κ3) is 6.03. The van der Waals surface area contributed by atoms with Gasteiger partial charge in [0.05, 0.1) is 11.0 Å².